The smallest absolute Gasteiger partial charge is 0.357 e. The van der Waals surface area contributed by atoms with Crippen molar-refractivity contribution in [2.45, 2.75) is 18.8 Å². The average molecular weight is 322 g/mol. The normalized spacial score (nSPS) is 20.8. The lowest BCUT2D eigenvalue weighted by Gasteiger charge is -2.32. The first-order chi connectivity index (χ1) is 10.9. The largest absolute Gasteiger partial charge is 0.420 e. The first-order valence-corrected chi connectivity index (χ1v) is 7.22. The lowest BCUT2D eigenvalue weighted by atomic mass is 10.0. The minimum atomic E-state index is -4.50. The molecular formula is C16H17F3N4. The lowest BCUT2D eigenvalue weighted by Crippen LogP contribution is -2.35. The van der Waals surface area contributed by atoms with E-state index in [9.17, 15) is 13.2 Å². The molecule has 2 aliphatic rings. The average Bonchev–Trinajstić information content (AvgIpc) is 2.85. The summed E-state index contributed by atoms with van der Waals surface area (Å²) in [7, 11) is 1.79. The van der Waals surface area contributed by atoms with Crippen LogP contribution >= 0.6 is 0 Å². The zero-order valence-electron chi connectivity index (χ0n) is 12.6. The van der Waals surface area contributed by atoms with Crippen LogP contribution in [0.4, 0.5) is 13.2 Å². The molecule has 0 aliphatic carbocycles. The minimum Gasteiger partial charge on any atom is -0.357 e. The number of benzene rings is 1. The van der Waals surface area contributed by atoms with Crippen molar-refractivity contribution < 1.29 is 13.2 Å². The van der Waals surface area contributed by atoms with Crippen LogP contribution in [0.5, 0.6) is 0 Å². The zero-order chi connectivity index (χ0) is 16.6. The van der Waals surface area contributed by atoms with E-state index in [2.05, 4.69) is 22.4 Å². The van der Waals surface area contributed by atoms with E-state index >= 15 is 0 Å². The molecule has 0 bridgehead atoms. The first kappa shape index (κ1) is 15.6. The first-order valence-electron chi connectivity index (χ1n) is 7.22. The van der Waals surface area contributed by atoms with Crippen molar-refractivity contribution in [3.05, 3.63) is 58.9 Å². The van der Waals surface area contributed by atoms with E-state index in [0.717, 1.165) is 11.1 Å². The monoisotopic (exact) mass is 322 g/mol. The van der Waals surface area contributed by atoms with E-state index in [0.29, 0.717) is 13.1 Å². The Bertz CT molecular complexity index is 691. The number of hydrogen-bond acceptors (Lipinski definition) is 4. The number of hydrazone groups is 1. The van der Waals surface area contributed by atoms with Gasteiger partial charge in [-0.05, 0) is 18.2 Å². The molecule has 2 heterocycles. The molecule has 0 aromatic heterocycles. The van der Waals surface area contributed by atoms with Gasteiger partial charge in [-0.3, -0.25) is 5.43 Å². The standard InChI is InChI=1S/C16H17F3N4/c1-10-15(16(17,18)19)14(8-21-22-10)23-9-11-5-3-4-6-12(11)13(23)7-20-2/h3-6,8,13,20,22H,1,7,9H2,2H3. The summed E-state index contributed by atoms with van der Waals surface area (Å²) in [5.74, 6) is 0. The van der Waals surface area contributed by atoms with Gasteiger partial charge in [0.15, 0.2) is 0 Å². The third kappa shape index (κ3) is 2.72. The molecule has 0 radical (unpaired) electrons. The zero-order valence-corrected chi connectivity index (χ0v) is 12.6. The van der Waals surface area contributed by atoms with E-state index in [1.54, 1.807) is 11.9 Å². The molecule has 0 saturated carbocycles. The number of allylic oxidation sites excluding steroid dienone is 2. The number of halogens is 3. The Morgan fingerprint density at radius 2 is 2.13 bits per heavy atom. The summed E-state index contributed by atoms with van der Waals surface area (Å²) >= 11 is 0. The number of fused-ring (bicyclic) bond motifs is 1. The molecule has 0 amide bonds. The van der Waals surface area contributed by atoms with E-state index in [4.69, 9.17) is 0 Å². The van der Waals surface area contributed by atoms with Gasteiger partial charge in [-0.2, -0.15) is 18.3 Å². The maximum Gasteiger partial charge on any atom is 0.420 e. The molecule has 1 aromatic carbocycles. The molecule has 1 unspecified atom stereocenters. The molecule has 2 aliphatic heterocycles. The van der Waals surface area contributed by atoms with Gasteiger partial charge in [0.25, 0.3) is 0 Å². The van der Waals surface area contributed by atoms with E-state index in [1.807, 2.05) is 24.3 Å². The second kappa shape index (κ2) is 5.73. The highest BCUT2D eigenvalue weighted by molar-refractivity contribution is 5.82. The van der Waals surface area contributed by atoms with E-state index < -0.39 is 11.7 Å². The van der Waals surface area contributed by atoms with Crippen molar-refractivity contribution in [1.82, 2.24) is 15.6 Å². The predicted molar refractivity (Wildman–Crippen MR) is 82.5 cm³/mol. The number of likely N-dealkylation sites (N-methyl/N-ethyl adjacent to an activating group) is 1. The van der Waals surface area contributed by atoms with E-state index in [1.165, 1.54) is 6.21 Å². The van der Waals surface area contributed by atoms with Crippen LogP contribution in [0.2, 0.25) is 0 Å². The fourth-order valence-electron chi connectivity index (χ4n) is 3.11. The molecular weight excluding hydrogens is 305 g/mol. The Kier molecular flexibility index (Phi) is 3.89. The van der Waals surface area contributed by atoms with Gasteiger partial charge in [0.1, 0.15) is 5.57 Å². The molecule has 0 fully saturated rings. The van der Waals surface area contributed by atoms with E-state index in [-0.39, 0.29) is 17.4 Å². The van der Waals surface area contributed by atoms with Gasteiger partial charge in [0.2, 0.25) is 0 Å². The molecule has 2 N–H and O–H groups in total. The molecule has 0 spiro atoms. The van der Waals surface area contributed by atoms with Gasteiger partial charge >= 0.3 is 6.18 Å². The Labute approximate surface area is 132 Å². The highest BCUT2D eigenvalue weighted by Crippen LogP contribution is 2.41. The number of alkyl halides is 3. The highest BCUT2D eigenvalue weighted by atomic mass is 19.4. The highest BCUT2D eigenvalue weighted by Gasteiger charge is 2.43. The van der Waals surface area contributed by atoms with Crippen LogP contribution in [0, 0.1) is 0 Å². The number of hydrogen-bond donors (Lipinski definition) is 2. The van der Waals surface area contributed by atoms with Crippen molar-refractivity contribution in [3.8, 4) is 0 Å². The van der Waals surface area contributed by atoms with Gasteiger partial charge in [0, 0.05) is 13.1 Å². The molecule has 0 saturated heterocycles. The van der Waals surface area contributed by atoms with Crippen LogP contribution in [-0.4, -0.2) is 30.9 Å². The Balaban J connectivity index is 2.09. The molecule has 3 rings (SSSR count). The predicted octanol–water partition coefficient (Wildman–Crippen LogP) is 2.68. The Morgan fingerprint density at radius 1 is 1.39 bits per heavy atom. The molecule has 1 aromatic rings. The van der Waals surface area contributed by atoms with Crippen LogP contribution < -0.4 is 10.7 Å². The lowest BCUT2D eigenvalue weighted by molar-refractivity contribution is -0.0918. The summed E-state index contributed by atoms with van der Waals surface area (Å²) in [4.78, 5) is 1.74. The van der Waals surface area contributed by atoms with Gasteiger partial charge in [-0.1, -0.05) is 30.8 Å². The molecule has 4 nitrogen and oxygen atoms in total. The van der Waals surface area contributed by atoms with Crippen molar-refractivity contribution in [2.75, 3.05) is 13.6 Å². The van der Waals surface area contributed by atoms with Gasteiger partial charge in [-0.15, -0.1) is 0 Å². The summed E-state index contributed by atoms with van der Waals surface area (Å²) in [5.41, 5.74) is 3.44. The molecule has 122 valence electrons. The Morgan fingerprint density at radius 3 is 2.83 bits per heavy atom. The number of nitrogens with zero attached hydrogens (tertiary/aromatic N) is 2. The fraction of sp³-hybridized carbons (Fsp3) is 0.312. The summed E-state index contributed by atoms with van der Waals surface area (Å²) in [6.07, 6.45) is -3.27. The van der Waals surface area contributed by atoms with Crippen LogP contribution in [0.1, 0.15) is 17.2 Å². The quantitative estimate of drug-likeness (QED) is 0.899. The molecule has 1 atom stereocenters. The third-order valence-corrected chi connectivity index (χ3v) is 4.07. The van der Waals surface area contributed by atoms with Crippen molar-refractivity contribution in [3.63, 3.8) is 0 Å². The maximum atomic E-state index is 13.5. The Hall–Kier alpha value is -2.28. The van der Waals surface area contributed by atoms with Gasteiger partial charge in [0.05, 0.1) is 23.7 Å². The summed E-state index contributed by atoms with van der Waals surface area (Å²) in [5, 5.41) is 6.87. The third-order valence-electron chi connectivity index (χ3n) is 4.07. The second-order valence-electron chi connectivity index (χ2n) is 5.51. The topological polar surface area (TPSA) is 39.7 Å². The van der Waals surface area contributed by atoms with Crippen LogP contribution in [0.3, 0.4) is 0 Å². The molecule has 23 heavy (non-hydrogen) atoms. The van der Waals surface area contributed by atoms with Crippen molar-refractivity contribution in [1.29, 1.82) is 0 Å². The van der Waals surface area contributed by atoms with Crippen LogP contribution in [-0.2, 0) is 6.54 Å². The van der Waals surface area contributed by atoms with Gasteiger partial charge in [-0.25, -0.2) is 0 Å². The van der Waals surface area contributed by atoms with Crippen molar-refractivity contribution in [2.24, 2.45) is 5.10 Å². The molecule has 7 heteroatoms. The maximum absolute atomic E-state index is 13.5. The number of nitrogens with one attached hydrogen (secondary N) is 2. The fourth-order valence-corrected chi connectivity index (χ4v) is 3.11. The van der Waals surface area contributed by atoms with Crippen LogP contribution in [0.15, 0.2) is 52.9 Å². The second-order valence-corrected chi connectivity index (χ2v) is 5.51. The summed E-state index contributed by atoms with van der Waals surface area (Å²) in [6.45, 7) is 4.41. The SMILES string of the molecule is C=C1NN=CC(N2Cc3ccccc3C2CNC)=C1C(F)(F)F. The van der Waals surface area contributed by atoms with Crippen molar-refractivity contribution >= 4 is 6.21 Å². The minimum absolute atomic E-state index is 0.0534. The van der Waals surface area contributed by atoms with Gasteiger partial charge < -0.3 is 10.2 Å². The summed E-state index contributed by atoms with van der Waals surface area (Å²) < 4.78 is 40.4. The number of rotatable bonds is 3. The summed E-state index contributed by atoms with van der Waals surface area (Å²) in [6, 6.07) is 7.52. The van der Waals surface area contributed by atoms with Crippen LogP contribution in [0.25, 0.3) is 0 Å².